The number of ether oxygens (including phenoxy) is 2. The Kier molecular flexibility index (Phi) is 7.02. The molecule has 1 aliphatic carbocycles. The van der Waals surface area contributed by atoms with Crippen molar-refractivity contribution >= 4 is 16.9 Å². The molecule has 2 aliphatic rings. The molecular weight excluding hydrogens is 420 g/mol. The first-order valence-electron chi connectivity index (χ1n) is 11.2. The van der Waals surface area contributed by atoms with E-state index in [-0.39, 0.29) is 30.4 Å². The van der Waals surface area contributed by atoms with E-state index in [9.17, 15) is 13.9 Å². The highest BCUT2D eigenvalue weighted by Crippen LogP contribution is 2.38. The molecular formula is C22H31F2N5O3. The van der Waals surface area contributed by atoms with E-state index < -0.39 is 18.6 Å². The van der Waals surface area contributed by atoms with Crippen molar-refractivity contribution in [2.45, 2.75) is 69.1 Å². The third-order valence-corrected chi connectivity index (χ3v) is 6.21. The highest BCUT2D eigenvalue weighted by molar-refractivity contribution is 5.86. The van der Waals surface area contributed by atoms with Gasteiger partial charge >= 0.3 is 0 Å². The average Bonchev–Trinajstić information content (AvgIpc) is 2.76. The maximum absolute atomic E-state index is 14.3. The summed E-state index contributed by atoms with van der Waals surface area (Å²) in [5, 5.41) is 16.3. The number of hydrogen-bond donors (Lipinski definition) is 3. The number of nitrogens with one attached hydrogen (secondary N) is 2. The van der Waals surface area contributed by atoms with E-state index in [1.807, 2.05) is 6.92 Å². The minimum atomic E-state index is -2.98. The highest BCUT2D eigenvalue weighted by Gasteiger charge is 2.44. The smallest absolute Gasteiger partial charge is 0.296 e. The molecule has 2 aromatic heterocycles. The first-order valence-corrected chi connectivity index (χ1v) is 11.2. The number of rotatable bonds is 7. The van der Waals surface area contributed by atoms with Crippen LogP contribution in [0.4, 0.5) is 14.7 Å². The van der Waals surface area contributed by atoms with Gasteiger partial charge in [0.25, 0.3) is 5.92 Å². The van der Waals surface area contributed by atoms with Crippen molar-refractivity contribution in [2.24, 2.45) is 0 Å². The molecule has 1 saturated heterocycles. The minimum Gasteiger partial charge on any atom is -0.467 e. The SMILES string of the molecule is COC[C@H](C)Nc1ncc2c(O[C@H]3CCNCC3(F)F)ncc(C3CCC(O)CC3)c2n1. The zero-order chi connectivity index (χ0) is 22.7. The molecule has 0 aromatic carbocycles. The van der Waals surface area contributed by atoms with Gasteiger partial charge in [-0.05, 0) is 45.1 Å². The standard InChI is InChI=1S/C22H31F2N5O3/c1-13(11-31-2)28-21-27-10-17-19(29-21)16(14-3-5-15(30)6-4-14)9-26-20(17)32-18-7-8-25-12-22(18,23)24/h9-10,13-15,18,25,30H,3-8,11-12H2,1-2H3,(H,27,28,29)/t13-,14?,15?,18-/m0/s1. The second kappa shape index (κ2) is 9.76. The van der Waals surface area contributed by atoms with Crippen LogP contribution in [0.15, 0.2) is 12.4 Å². The molecule has 0 unspecified atom stereocenters. The fourth-order valence-electron chi connectivity index (χ4n) is 4.47. The number of halogens is 2. The second-order valence-corrected chi connectivity index (χ2v) is 8.81. The van der Waals surface area contributed by atoms with Crippen molar-refractivity contribution in [1.29, 1.82) is 0 Å². The molecule has 0 amide bonds. The molecule has 0 bridgehead atoms. The quantitative estimate of drug-likeness (QED) is 0.591. The van der Waals surface area contributed by atoms with Gasteiger partial charge in [-0.2, -0.15) is 0 Å². The van der Waals surface area contributed by atoms with Gasteiger partial charge in [-0.25, -0.2) is 23.7 Å². The molecule has 2 atom stereocenters. The van der Waals surface area contributed by atoms with Gasteiger partial charge in [-0.3, -0.25) is 0 Å². The first kappa shape index (κ1) is 23.0. The normalized spacial score (nSPS) is 26.6. The summed E-state index contributed by atoms with van der Waals surface area (Å²) in [4.78, 5) is 13.5. The Bertz CT molecular complexity index is 924. The molecule has 0 spiro atoms. The molecule has 3 heterocycles. The topological polar surface area (TPSA) is 101 Å². The van der Waals surface area contributed by atoms with E-state index in [0.29, 0.717) is 42.8 Å². The third-order valence-electron chi connectivity index (χ3n) is 6.21. The average molecular weight is 452 g/mol. The van der Waals surface area contributed by atoms with Gasteiger partial charge in [0.05, 0.1) is 30.2 Å². The van der Waals surface area contributed by atoms with Crippen molar-refractivity contribution in [3.63, 3.8) is 0 Å². The maximum atomic E-state index is 14.3. The lowest BCUT2D eigenvalue weighted by Crippen LogP contribution is -2.52. The van der Waals surface area contributed by atoms with Crippen LogP contribution in [-0.4, -0.2) is 71.0 Å². The van der Waals surface area contributed by atoms with E-state index in [1.54, 1.807) is 19.5 Å². The Balaban J connectivity index is 1.69. The monoisotopic (exact) mass is 451 g/mol. The molecule has 32 heavy (non-hydrogen) atoms. The van der Waals surface area contributed by atoms with Crippen molar-refractivity contribution < 1.29 is 23.4 Å². The van der Waals surface area contributed by atoms with Crippen LogP contribution in [0.3, 0.4) is 0 Å². The maximum Gasteiger partial charge on any atom is 0.296 e. The lowest BCUT2D eigenvalue weighted by molar-refractivity contribution is -0.109. The van der Waals surface area contributed by atoms with E-state index in [1.165, 1.54) is 0 Å². The Morgan fingerprint density at radius 3 is 2.72 bits per heavy atom. The molecule has 2 fully saturated rings. The van der Waals surface area contributed by atoms with Crippen molar-refractivity contribution in [2.75, 3.05) is 32.1 Å². The Labute approximate surface area is 186 Å². The van der Waals surface area contributed by atoms with Crippen LogP contribution >= 0.6 is 0 Å². The zero-order valence-corrected chi connectivity index (χ0v) is 18.5. The summed E-state index contributed by atoms with van der Waals surface area (Å²) in [6, 6.07) is -0.00304. The van der Waals surface area contributed by atoms with Gasteiger partial charge in [0.2, 0.25) is 11.8 Å². The third kappa shape index (κ3) is 5.07. The molecule has 1 saturated carbocycles. The summed E-state index contributed by atoms with van der Waals surface area (Å²) in [7, 11) is 1.63. The van der Waals surface area contributed by atoms with Gasteiger partial charge in [0, 0.05) is 37.5 Å². The van der Waals surface area contributed by atoms with Gasteiger partial charge in [-0.1, -0.05) is 0 Å². The number of methoxy groups -OCH3 is 1. The first-order chi connectivity index (χ1) is 15.4. The lowest BCUT2D eigenvalue weighted by Gasteiger charge is -2.32. The van der Waals surface area contributed by atoms with Crippen molar-refractivity contribution in [3.8, 4) is 5.88 Å². The van der Waals surface area contributed by atoms with Crippen LogP contribution in [0.2, 0.25) is 0 Å². The minimum absolute atomic E-state index is 0.00304. The Morgan fingerprint density at radius 1 is 1.22 bits per heavy atom. The largest absolute Gasteiger partial charge is 0.467 e. The molecule has 1 aliphatic heterocycles. The van der Waals surface area contributed by atoms with Gasteiger partial charge in [-0.15, -0.1) is 0 Å². The number of nitrogens with zero attached hydrogens (tertiary/aromatic N) is 3. The zero-order valence-electron chi connectivity index (χ0n) is 18.5. The van der Waals surface area contributed by atoms with Crippen LogP contribution in [0.25, 0.3) is 10.9 Å². The number of piperidine rings is 1. The fourth-order valence-corrected chi connectivity index (χ4v) is 4.47. The van der Waals surface area contributed by atoms with Crippen molar-refractivity contribution in [1.82, 2.24) is 20.3 Å². The predicted molar refractivity (Wildman–Crippen MR) is 116 cm³/mol. The van der Waals surface area contributed by atoms with Gasteiger partial charge < -0.3 is 25.2 Å². The molecule has 0 radical (unpaired) electrons. The van der Waals surface area contributed by atoms with Crippen LogP contribution in [0.1, 0.15) is 50.5 Å². The number of alkyl halides is 2. The molecule has 176 valence electrons. The summed E-state index contributed by atoms with van der Waals surface area (Å²) < 4.78 is 39.6. The number of anilines is 1. The number of hydrogen-bond acceptors (Lipinski definition) is 8. The van der Waals surface area contributed by atoms with Crippen LogP contribution < -0.4 is 15.4 Å². The summed E-state index contributed by atoms with van der Waals surface area (Å²) in [6.45, 7) is 2.49. The predicted octanol–water partition coefficient (Wildman–Crippen LogP) is 2.87. The summed E-state index contributed by atoms with van der Waals surface area (Å²) >= 11 is 0. The van der Waals surface area contributed by atoms with Crippen molar-refractivity contribution in [3.05, 3.63) is 18.0 Å². The Morgan fingerprint density at radius 2 is 2.00 bits per heavy atom. The summed E-state index contributed by atoms with van der Waals surface area (Å²) in [5.41, 5.74) is 1.58. The second-order valence-electron chi connectivity index (χ2n) is 8.81. The summed E-state index contributed by atoms with van der Waals surface area (Å²) in [5.74, 6) is -2.24. The van der Waals surface area contributed by atoms with Crippen LogP contribution in [0.5, 0.6) is 5.88 Å². The van der Waals surface area contributed by atoms with E-state index in [2.05, 4.69) is 20.6 Å². The van der Waals surface area contributed by atoms with E-state index >= 15 is 0 Å². The highest BCUT2D eigenvalue weighted by atomic mass is 19.3. The molecule has 2 aromatic rings. The van der Waals surface area contributed by atoms with Gasteiger partial charge in [0.1, 0.15) is 0 Å². The Hall–Kier alpha value is -2.17. The molecule has 10 heteroatoms. The molecule has 3 N–H and O–H groups in total. The van der Waals surface area contributed by atoms with E-state index in [4.69, 9.17) is 14.5 Å². The van der Waals surface area contributed by atoms with E-state index in [0.717, 1.165) is 18.4 Å². The van der Waals surface area contributed by atoms with Crippen LogP contribution in [-0.2, 0) is 4.74 Å². The number of aromatic nitrogens is 3. The lowest BCUT2D eigenvalue weighted by atomic mass is 9.83. The van der Waals surface area contributed by atoms with Crippen LogP contribution in [0, 0.1) is 0 Å². The fraction of sp³-hybridized carbons (Fsp3) is 0.682. The number of fused-ring (bicyclic) bond motifs is 1. The molecule has 4 rings (SSSR count). The van der Waals surface area contributed by atoms with Gasteiger partial charge in [0.15, 0.2) is 6.10 Å². The number of aliphatic hydroxyl groups excluding tert-OH is 1. The number of aliphatic hydroxyl groups is 1. The summed E-state index contributed by atoms with van der Waals surface area (Å²) in [6.07, 6.45) is 5.00. The number of pyridine rings is 1. The molecule has 8 nitrogen and oxygen atoms in total.